The van der Waals surface area contributed by atoms with E-state index in [9.17, 15) is 9.65 Å². The van der Waals surface area contributed by atoms with Gasteiger partial charge in [-0.05, 0) is 37.6 Å². The molecule has 2 nitrogen and oxygen atoms in total. The van der Waals surface area contributed by atoms with Crippen molar-refractivity contribution in [2.24, 2.45) is 0 Å². The average molecular weight is 290 g/mol. The second-order valence-electron chi connectivity index (χ2n) is 4.59. The highest BCUT2D eigenvalue weighted by atomic mass is 35.5. The van der Waals surface area contributed by atoms with E-state index in [4.69, 9.17) is 16.3 Å². The van der Waals surface area contributed by atoms with E-state index >= 15 is 0 Å². The molecule has 0 N–H and O–H groups in total. The lowest BCUT2D eigenvalue weighted by atomic mass is 10.0. The summed E-state index contributed by atoms with van der Waals surface area (Å²) in [6.07, 6.45) is -0.0225. The quantitative estimate of drug-likeness (QED) is 0.812. The van der Waals surface area contributed by atoms with Crippen LogP contribution >= 0.6 is 11.6 Å². The number of nitriles is 1. The van der Waals surface area contributed by atoms with E-state index in [1.807, 2.05) is 13.8 Å². The van der Waals surface area contributed by atoms with Crippen molar-refractivity contribution in [3.05, 3.63) is 52.8 Å². The first-order chi connectivity index (χ1) is 9.52. The van der Waals surface area contributed by atoms with E-state index in [-0.39, 0.29) is 11.1 Å². The van der Waals surface area contributed by atoms with Gasteiger partial charge >= 0.3 is 0 Å². The number of hydrogen-bond donors (Lipinski definition) is 0. The topological polar surface area (TPSA) is 33.0 Å². The van der Waals surface area contributed by atoms with Gasteiger partial charge in [0, 0.05) is 5.56 Å². The van der Waals surface area contributed by atoms with Crippen LogP contribution in [0.4, 0.5) is 4.39 Å². The molecule has 0 aliphatic heterocycles. The van der Waals surface area contributed by atoms with E-state index in [0.717, 1.165) is 0 Å². The Morgan fingerprint density at radius 2 is 2.00 bits per heavy atom. The second-order valence-corrected chi connectivity index (χ2v) is 4.97. The smallest absolute Gasteiger partial charge is 0.142 e. The van der Waals surface area contributed by atoms with Crippen molar-refractivity contribution in [1.29, 1.82) is 5.26 Å². The molecule has 4 heteroatoms. The van der Waals surface area contributed by atoms with E-state index in [0.29, 0.717) is 22.4 Å². The van der Waals surface area contributed by atoms with Gasteiger partial charge in [0.25, 0.3) is 0 Å². The maximum Gasteiger partial charge on any atom is 0.142 e. The lowest BCUT2D eigenvalue weighted by Crippen LogP contribution is -2.06. The molecule has 0 atom stereocenters. The van der Waals surface area contributed by atoms with Gasteiger partial charge in [-0.3, -0.25) is 0 Å². The minimum absolute atomic E-state index is 0.0225. The van der Waals surface area contributed by atoms with Crippen molar-refractivity contribution in [2.45, 2.75) is 20.0 Å². The monoisotopic (exact) mass is 289 g/mol. The van der Waals surface area contributed by atoms with Crippen LogP contribution in [0, 0.1) is 17.1 Å². The summed E-state index contributed by atoms with van der Waals surface area (Å²) in [5.41, 5.74) is 1.64. The largest absolute Gasteiger partial charge is 0.490 e. The number of nitrogens with zero attached hydrogens (tertiary/aromatic N) is 1. The Morgan fingerprint density at radius 1 is 1.25 bits per heavy atom. The van der Waals surface area contributed by atoms with Crippen LogP contribution in [0.15, 0.2) is 36.4 Å². The van der Waals surface area contributed by atoms with E-state index in [1.165, 1.54) is 6.07 Å². The molecule has 20 heavy (non-hydrogen) atoms. The Balaban J connectivity index is 2.50. The zero-order valence-corrected chi connectivity index (χ0v) is 11.9. The molecule has 102 valence electrons. The molecule has 0 saturated heterocycles. The van der Waals surface area contributed by atoms with Crippen molar-refractivity contribution >= 4 is 11.6 Å². The molecule has 0 aliphatic carbocycles. The van der Waals surface area contributed by atoms with Crippen molar-refractivity contribution in [1.82, 2.24) is 0 Å². The third-order valence-corrected chi connectivity index (χ3v) is 3.11. The van der Waals surface area contributed by atoms with Crippen LogP contribution < -0.4 is 4.74 Å². The Bertz CT molecular complexity index is 677. The maximum absolute atomic E-state index is 13.5. The fraction of sp³-hybridized carbons (Fsp3) is 0.188. The molecule has 0 fully saturated rings. The molecule has 0 amide bonds. The standard InChI is InChI=1S/C16H13ClFNO/c1-10(2)20-15-7-6-11(8-12(15)9-19)13-4-3-5-14(18)16(13)17/h3-8,10H,1-2H3. The summed E-state index contributed by atoms with van der Waals surface area (Å²) < 4.78 is 19.0. The first-order valence-corrected chi connectivity index (χ1v) is 6.56. The van der Waals surface area contributed by atoms with Crippen LogP contribution in [0.3, 0.4) is 0 Å². The van der Waals surface area contributed by atoms with Gasteiger partial charge in [0.15, 0.2) is 0 Å². The fourth-order valence-electron chi connectivity index (χ4n) is 1.87. The van der Waals surface area contributed by atoms with Gasteiger partial charge in [-0.1, -0.05) is 29.8 Å². The number of hydrogen-bond acceptors (Lipinski definition) is 2. The molecule has 0 aromatic heterocycles. The molecule has 0 bridgehead atoms. The summed E-state index contributed by atoms with van der Waals surface area (Å²) in [5.74, 6) is 0.0314. The third kappa shape index (κ3) is 2.92. The van der Waals surface area contributed by atoms with Gasteiger partial charge < -0.3 is 4.74 Å². The molecule has 0 saturated carbocycles. The predicted molar refractivity (Wildman–Crippen MR) is 77.3 cm³/mol. The Hall–Kier alpha value is -2.05. The number of halogens is 2. The summed E-state index contributed by atoms with van der Waals surface area (Å²) in [5, 5.41) is 9.24. The van der Waals surface area contributed by atoms with Crippen LogP contribution in [0.1, 0.15) is 19.4 Å². The van der Waals surface area contributed by atoms with Crippen molar-refractivity contribution in [3.63, 3.8) is 0 Å². The minimum Gasteiger partial charge on any atom is -0.490 e. The number of rotatable bonds is 3. The predicted octanol–water partition coefficient (Wildman–Crippen LogP) is 4.80. The van der Waals surface area contributed by atoms with E-state index in [1.54, 1.807) is 30.3 Å². The second kappa shape index (κ2) is 5.94. The Labute approximate surface area is 122 Å². The molecule has 0 spiro atoms. The van der Waals surface area contributed by atoms with Gasteiger partial charge in [0.1, 0.15) is 17.6 Å². The lowest BCUT2D eigenvalue weighted by Gasteiger charge is -2.12. The first kappa shape index (κ1) is 14.4. The Kier molecular flexibility index (Phi) is 4.26. The van der Waals surface area contributed by atoms with Crippen LogP contribution in [0.5, 0.6) is 5.75 Å². The first-order valence-electron chi connectivity index (χ1n) is 6.18. The molecular weight excluding hydrogens is 277 g/mol. The highest BCUT2D eigenvalue weighted by Crippen LogP contribution is 2.32. The minimum atomic E-state index is -0.481. The molecule has 0 unspecified atom stereocenters. The fourth-order valence-corrected chi connectivity index (χ4v) is 2.10. The van der Waals surface area contributed by atoms with Gasteiger partial charge in [-0.2, -0.15) is 5.26 Å². The summed E-state index contributed by atoms with van der Waals surface area (Å²) in [7, 11) is 0. The highest BCUT2D eigenvalue weighted by Gasteiger charge is 2.11. The maximum atomic E-state index is 13.5. The van der Waals surface area contributed by atoms with Gasteiger partial charge in [0.2, 0.25) is 0 Å². The molecular formula is C16H13ClFNO. The Morgan fingerprint density at radius 3 is 2.65 bits per heavy atom. The molecule has 2 aromatic rings. The van der Waals surface area contributed by atoms with Crippen molar-refractivity contribution < 1.29 is 9.13 Å². The molecule has 0 aliphatic rings. The SMILES string of the molecule is CC(C)Oc1ccc(-c2cccc(F)c2Cl)cc1C#N. The van der Waals surface area contributed by atoms with Gasteiger partial charge in [0.05, 0.1) is 16.7 Å². The number of ether oxygens (including phenoxy) is 1. The van der Waals surface area contributed by atoms with Crippen LogP contribution in [-0.4, -0.2) is 6.10 Å². The van der Waals surface area contributed by atoms with Gasteiger partial charge in [-0.15, -0.1) is 0 Å². The molecule has 2 rings (SSSR count). The average Bonchev–Trinajstić information content (AvgIpc) is 2.42. The zero-order chi connectivity index (χ0) is 14.7. The van der Waals surface area contributed by atoms with Gasteiger partial charge in [-0.25, -0.2) is 4.39 Å². The summed E-state index contributed by atoms with van der Waals surface area (Å²) >= 11 is 5.96. The number of benzene rings is 2. The van der Waals surface area contributed by atoms with E-state index < -0.39 is 5.82 Å². The highest BCUT2D eigenvalue weighted by molar-refractivity contribution is 6.33. The van der Waals surface area contributed by atoms with Crippen molar-refractivity contribution in [3.8, 4) is 22.9 Å². The van der Waals surface area contributed by atoms with Crippen LogP contribution in [-0.2, 0) is 0 Å². The van der Waals surface area contributed by atoms with Crippen LogP contribution in [0.25, 0.3) is 11.1 Å². The van der Waals surface area contributed by atoms with Crippen molar-refractivity contribution in [2.75, 3.05) is 0 Å². The summed E-state index contributed by atoms with van der Waals surface area (Å²) in [6, 6.07) is 11.8. The molecule has 2 aromatic carbocycles. The molecule has 0 radical (unpaired) electrons. The summed E-state index contributed by atoms with van der Waals surface area (Å²) in [4.78, 5) is 0. The normalized spacial score (nSPS) is 10.4. The zero-order valence-electron chi connectivity index (χ0n) is 11.2. The lowest BCUT2D eigenvalue weighted by molar-refractivity contribution is 0.242. The summed E-state index contributed by atoms with van der Waals surface area (Å²) in [6.45, 7) is 3.77. The van der Waals surface area contributed by atoms with E-state index in [2.05, 4.69) is 6.07 Å². The molecule has 0 heterocycles. The van der Waals surface area contributed by atoms with Crippen LogP contribution in [0.2, 0.25) is 5.02 Å². The third-order valence-electron chi connectivity index (χ3n) is 2.73.